The van der Waals surface area contributed by atoms with E-state index in [1.54, 1.807) is 0 Å². The summed E-state index contributed by atoms with van der Waals surface area (Å²) in [6.45, 7) is 7.50. The maximum atomic E-state index is 5.88. The molecule has 2 nitrogen and oxygen atoms in total. The lowest BCUT2D eigenvalue weighted by atomic mass is 9.91. The second-order valence-corrected chi connectivity index (χ2v) is 5.21. The molecule has 2 rings (SSSR count). The van der Waals surface area contributed by atoms with Gasteiger partial charge in [0.25, 0.3) is 0 Å². The number of nitrogens with one attached hydrogen (secondary N) is 1. The lowest BCUT2D eigenvalue weighted by molar-refractivity contribution is 0.0631. The van der Waals surface area contributed by atoms with E-state index in [0.29, 0.717) is 18.1 Å². The molecule has 0 amide bonds. The molecule has 1 N–H and O–H groups in total. The molecule has 17 heavy (non-hydrogen) atoms. The Hall–Kier alpha value is -0.860. The van der Waals surface area contributed by atoms with Gasteiger partial charge >= 0.3 is 0 Å². The first-order valence-electron chi connectivity index (χ1n) is 6.49. The van der Waals surface area contributed by atoms with Gasteiger partial charge in [-0.2, -0.15) is 0 Å². The summed E-state index contributed by atoms with van der Waals surface area (Å²) in [6.07, 6.45) is 1.48. The maximum absolute atomic E-state index is 5.88. The normalized spacial score (nSPS) is 26.1. The Labute approximate surface area is 104 Å². The fourth-order valence-electron chi connectivity index (χ4n) is 2.62. The van der Waals surface area contributed by atoms with Gasteiger partial charge in [0.15, 0.2) is 0 Å². The Morgan fingerprint density at radius 1 is 1.29 bits per heavy atom. The third-order valence-electron chi connectivity index (χ3n) is 3.97. The van der Waals surface area contributed by atoms with Gasteiger partial charge in [0.2, 0.25) is 0 Å². The molecule has 3 unspecified atom stereocenters. The van der Waals surface area contributed by atoms with E-state index < -0.39 is 0 Å². The lowest BCUT2D eigenvalue weighted by Gasteiger charge is -2.26. The zero-order chi connectivity index (χ0) is 12.4. The van der Waals surface area contributed by atoms with Gasteiger partial charge in [-0.25, -0.2) is 0 Å². The van der Waals surface area contributed by atoms with E-state index in [0.717, 1.165) is 6.61 Å². The molecule has 1 aliphatic rings. The molecule has 1 saturated heterocycles. The second kappa shape index (κ2) is 5.19. The number of likely N-dealkylation sites (N-methyl/N-ethyl adjacent to an activating group) is 1. The minimum atomic E-state index is 0.308. The van der Waals surface area contributed by atoms with Gasteiger partial charge in [-0.05, 0) is 49.9 Å². The summed E-state index contributed by atoms with van der Waals surface area (Å²) in [5, 5.41) is 3.41. The SMILES string of the molecule is CNC(c1ccc(C)c(C)c1)C1OCCC1C. The summed E-state index contributed by atoms with van der Waals surface area (Å²) in [4.78, 5) is 0. The van der Waals surface area contributed by atoms with Crippen LogP contribution in [0.1, 0.15) is 36.1 Å². The summed E-state index contributed by atoms with van der Waals surface area (Å²) in [5.41, 5.74) is 4.05. The minimum Gasteiger partial charge on any atom is -0.376 e. The van der Waals surface area contributed by atoms with Crippen LogP contribution in [0, 0.1) is 19.8 Å². The second-order valence-electron chi connectivity index (χ2n) is 5.21. The molecule has 0 aliphatic carbocycles. The Kier molecular flexibility index (Phi) is 3.85. The highest BCUT2D eigenvalue weighted by atomic mass is 16.5. The summed E-state index contributed by atoms with van der Waals surface area (Å²) < 4.78 is 5.88. The van der Waals surface area contributed by atoms with Crippen LogP contribution in [0.2, 0.25) is 0 Å². The molecule has 1 aromatic carbocycles. The molecule has 0 spiro atoms. The van der Waals surface area contributed by atoms with Gasteiger partial charge in [-0.1, -0.05) is 25.1 Å². The van der Waals surface area contributed by atoms with E-state index in [-0.39, 0.29) is 0 Å². The maximum Gasteiger partial charge on any atom is 0.0795 e. The smallest absolute Gasteiger partial charge is 0.0795 e. The van der Waals surface area contributed by atoms with Crippen LogP contribution in [0.4, 0.5) is 0 Å². The predicted molar refractivity (Wildman–Crippen MR) is 71.2 cm³/mol. The topological polar surface area (TPSA) is 21.3 Å². The molecule has 1 fully saturated rings. The summed E-state index contributed by atoms with van der Waals surface area (Å²) in [5.74, 6) is 0.633. The molecule has 1 aliphatic heterocycles. The number of ether oxygens (including phenoxy) is 1. The van der Waals surface area contributed by atoms with Crippen molar-refractivity contribution in [1.82, 2.24) is 5.32 Å². The average molecular weight is 233 g/mol. The number of hydrogen-bond acceptors (Lipinski definition) is 2. The van der Waals surface area contributed by atoms with Crippen LogP contribution in [-0.4, -0.2) is 19.8 Å². The monoisotopic (exact) mass is 233 g/mol. The fourth-order valence-corrected chi connectivity index (χ4v) is 2.62. The van der Waals surface area contributed by atoms with Gasteiger partial charge < -0.3 is 10.1 Å². The van der Waals surface area contributed by atoms with Crippen molar-refractivity contribution in [3.05, 3.63) is 34.9 Å². The van der Waals surface area contributed by atoms with Gasteiger partial charge in [0.05, 0.1) is 12.1 Å². The van der Waals surface area contributed by atoms with Crippen LogP contribution in [-0.2, 0) is 4.74 Å². The Morgan fingerprint density at radius 2 is 2.06 bits per heavy atom. The van der Waals surface area contributed by atoms with Gasteiger partial charge in [-0.15, -0.1) is 0 Å². The van der Waals surface area contributed by atoms with Crippen LogP contribution in [0.25, 0.3) is 0 Å². The minimum absolute atomic E-state index is 0.308. The van der Waals surface area contributed by atoms with Crippen LogP contribution in [0.3, 0.4) is 0 Å². The number of rotatable bonds is 3. The molecule has 1 aromatic rings. The van der Waals surface area contributed by atoms with Gasteiger partial charge in [-0.3, -0.25) is 0 Å². The number of benzene rings is 1. The molecular weight excluding hydrogens is 210 g/mol. The van der Waals surface area contributed by atoms with Crippen molar-refractivity contribution >= 4 is 0 Å². The van der Waals surface area contributed by atoms with E-state index in [9.17, 15) is 0 Å². The standard InChI is InChI=1S/C15H23NO/c1-10-5-6-13(9-12(10)3)14(16-4)15-11(2)7-8-17-15/h5-6,9,11,14-16H,7-8H2,1-4H3. The van der Waals surface area contributed by atoms with Crippen molar-refractivity contribution in [2.45, 2.75) is 39.3 Å². The van der Waals surface area contributed by atoms with E-state index in [4.69, 9.17) is 4.74 Å². The largest absolute Gasteiger partial charge is 0.376 e. The van der Waals surface area contributed by atoms with Gasteiger partial charge in [0, 0.05) is 6.61 Å². The first kappa shape index (κ1) is 12.6. The quantitative estimate of drug-likeness (QED) is 0.866. The molecule has 0 saturated carbocycles. The average Bonchev–Trinajstić information content (AvgIpc) is 2.71. The lowest BCUT2D eigenvalue weighted by Crippen LogP contribution is -2.32. The number of aryl methyl sites for hydroxylation is 2. The first-order chi connectivity index (χ1) is 8.13. The zero-order valence-corrected chi connectivity index (χ0v) is 11.3. The highest BCUT2D eigenvalue weighted by Gasteiger charge is 2.32. The summed E-state index contributed by atoms with van der Waals surface area (Å²) in [6, 6.07) is 7.02. The fraction of sp³-hybridized carbons (Fsp3) is 0.600. The summed E-state index contributed by atoms with van der Waals surface area (Å²) >= 11 is 0. The van der Waals surface area contributed by atoms with Gasteiger partial charge in [0.1, 0.15) is 0 Å². The third-order valence-corrected chi connectivity index (χ3v) is 3.97. The molecule has 0 radical (unpaired) electrons. The third kappa shape index (κ3) is 2.53. The first-order valence-corrected chi connectivity index (χ1v) is 6.49. The molecular formula is C15H23NO. The Bertz CT molecular complexity index is 389. The van der Waals surface area contributed by atoms with Crippen molar-refractivity contribution in [1.29, 1.82) is 0 Å². The molecule has 2 heteroatoms. The van der Waals surface area contributed by atoms with E-state index >= 15 is 0 Å². The number of hydrogen-bond donors (Lipinski definition) is 1. The van der Waals surface area contributed by atoms with Crippen molar-refractivity contribution in [3.63, 3.8) is 0 Å². The van der Waals surface area contributed by atoms with Crippen molar-refractivity contribution < 1.29 is 4.74 Å². The molecule has 3 atom stereocenters. The zero-order valence-electron chi connectivity index (χ0n) is 11.3. The van der Waals surface area contributed by atoms with E-state index in [1.165, 1.54) is 23.1 Å². The van der Waals surface area contributed by atoms with Crippen molar-refractivity contribution in [2.75, 3.05) is 13.7 Å². The molecule has 0 aromatic heterocycles. The van der Waals surface area contributed by atoms with Crippen LogP contribution < -0.4 is 5.32 Å². The van der Waals surface area contributed by atoms with E-state index in [1.807, 2.05) is 7.05 Å². The predicted octanol–water partition coefficient (Wildman–Crippen LogP) is 2.99. The highest BCUT2D eigenvalue weighted by molar-refractivity contribution is 5.32. The van der Waals surface area contributed by atoms with Crippen LogP contribution in [0.15, 0.2) is 18.2 Å². The van der Waals surface area contributed by atoms with E-state index in [2.05, 4.69) is 44.3 Å². The molecule has 0 bridgehead atoms. The Morgan fingerprint density at radius 3 is 2.59 bits per heavy atom. The van der Waals surface area contributed by atoms with Crippen molar-refractivity contribution in [3.8, 4) is 0 Å². The molecule has 94 valence electrons. The summed E-state index contributed by atoms with van der Waals surface area (Å²) in [7, 11) is 2.02. The highest BCUT2D eigenvalue weighted by Crippen LogP contribution is 2.31. The van der Waals surface area contributed by atoms with Crippen LogP contribution in [0.5, 0.6) is 0 Å². The van der Waals surface area contributed by atoms with Crippen LogP contribution >= 0.6 is 0 Å². The molecule has 1 heterocycles. The van der Waals surface area contributed by atoms with Crippen molar-refractivity contribution in [2.24, 2.45) is 5.92 Å². The Balaban J connectivity index is 2.25.